The highest BCUT2D eigenvalue weighted by Crippen LogP contribution is 2.06. The third-order valence-electron chi connectivity index (χ3n) is 1.47. The number of hydrogen-bond acceptors (Lipinski definition) is 2. The van der Waals surface area contributed by atoms with Crippen LogP contribution in [0.3, 0.4) is 0 Å². The molecule has 1 aromatic rings. The molecule has 0 saturated carbocycles. The fourth-order valence-corrected chi connectivity index (χ4v) is 1.09. The molecule has 3 nitrogen and oxygen atoms in total. The van der Waals surface area contributed by atoms with Crippen LogP contribution in [0, 0.1) is 0 Å². The summed E-state index contributed by atoms with van der Waals surface area (Å²) < 4.78 is 0. The summed E-state index contributed by atoms with van der Waals surface area (Å²) in [6.07, 6.45) is 2.11. The molecular weight excluding hydrogens is 162 g/mol. The molecule has 2 N–H and O–H groups in total. The van der Waals surface area contributed by atoms with Crippen LogP contribution >= 0.6 is 11.6 Å². The molecule has 0 amide bonds. The van der Waals surface area contributed by atoms with Gasteiger partial charge in [0.2, 0.25) is 0 Å². The maximum Gasteiger partial charge on any atom is 0.151 e. The minimum atomic E-state index is 0.546. The molecule has 62 valence electrons. The zero-order valence-electron chi connectivity index (χ0n) is 6.52. The van der Waals surface area contributed by atoms with Gasteiger partial charge in [-0.05, 0) is 32.5 Å². The lowest BCUT2D eigenvalue weighted by Gasteiger charge is -1.95. The zero-order valence-corrected chi connectivity index (χ0v) is 7.28. The summed E-state index contributed by atoms with van der Waals surface area (Å²) in [5.41, 5.74) is 1.10. The van der Waals surface area contributed by atoms with Crippen LogP contribution in [0.4, 0.5) is 0 Å². The van der Waals surface area contributed by atoms with Gasteiger partial charge in [0.1, 0.15) is 0 Å². The minimum Gasteiger partial charge on any atom is -0.320 e. The molecule has 0 aromatic carbocycles. The summed E-state index contributed by atoms with van der Waals surface area (Å²) >= 11 is 5.62. The highest BCUT2D eigenvalue weighted by atomic mass is 35.5. The first-order valence-corrected chi connectivity index (χ1v) is 4.05. The maximum atomic E-state index is 5.62. The van der Waals surface area contributed by atoms with Gasteiger partial charge in [0.25, 0.3) is 0 Å². The number of rotatable bonds is 4. The Hall–Kier alpha value is -0.540. The molecule has 4 heteroatoms. The van der Waals surface area contributed by atoms with Gasteiger partial charge < -0.3 is 5.32 Å². The average molecular weight is 174 g/mol. The molecule has 1 rings (SSSR count). The van der Waals surface area contributed by atoms with E-state index in [1.54, 1.807) is 0 Å². The number of nitrogens with zero attached hydrogens (tertiary/aromatic N) is 1. The van der Waals surface area contributed by atoms with Gasteiger partial charge in [-0.15, -0.1) is 0 Å². The Morgan fingerprint density at radius 1 is 1.73 bits per heavy atom. The lowest BCUT2D eigenvalue weighted by molar-refractivity contribution is 0.713. The molecule has 0 radical (unpaired) electrons. The summed E-state index contributed by atoms with van der Waals surface area (Å²) in [4.78, 5) is 0. The van der Waals surface area contributed by atoms with Crippen LogP contribution in [0.5, 0.6) is 0 Å². The molecule has 0 unspecified atom stereocenters. The van der Waals surface area contributed by atoms with Crippen LogP contribution in [0.2, 0.25) is 5.15 Å². The molecule has 0 bridgehead atoms. The first-order chi connectivity index (χ1) is 5.33. The fourth-order valence-electron chi connectivity index (χ4n) is 0.917. The molecule has 1 heterocycles. The molecule has 0 spiro atoms. The molecule has 0 saturated heterocycles. The van der Waals surface area contributed by atoms with Crippen molar-refractivity contribution in [1.29, 1.82) is 0 Å². The maximum absolute atomic E-state index is 5.62. The van der Waals surface area contributed by atoms with E-state index in [0.717, 1.165) is 25.1 Å². The van der Waals surface area contributed by atoms with Crippen LogP contribution in [-0.2, 0) is 6.42 Å². The third-order valence-corrected chi connectivity index (χ3v) is 1.67. The number of nitrogens with one attached hydrogen (secondary N) is 2. The quantitative estimate of drug-likeness (QED) is 0.673. The summed E-state index contributed by atoms with van der Waals surface area (Å²) in [5.74, 6) is 0. The number of aromatic amines is 1. The van der Waals surface area contributed by atoms with Gasteiger partial charge in [-0.3, -0.25) is 5.10 Å². The molecule has 0 aliphatic heterocycles. The van der Waals surface area contributed by atoms with Gasteiger partial charge in [-0.1, -0.05) is 11.6 Å². The van der Waals surface area contributed by atoms with Crippen molar-refractivity contribution in [1.82, 2.24) is 15.5 Å². The van der Waals surface area contributed by atoms with Gasteiger partial charge in [-0.2, -0.15) is 5.10 Å². The van der Waals surface area contributed by atoms with Crippen molar-refractivity contribution in [3.8, 4) is 0 Å². The third kappa shape index (κ3) is 2.91. The number of aryl methyl sites for hydroxylation is 1. The molecule has 1 aromatic heterocycles. The number of aromatic nitrogens is 2. The molecule has 0 fully saturated rings. The van der Waals surface area contributed by atoms with Gasteiger partial charge in [0.05, 0.1) is 0 Å². The fraction of sp³-hybridized carbons (Fsp3) is 0.571. The molecule has 0 aliphatic rings. The molecule has 0 aliphatic carbocycles. The summed E-state index contributed by atoms with van der Waals surface area (Å²) in [5, 5.41) is 10.3. The van der Waals surface area contributed by atoms with Crippen molar-refractivity contribution >= 4 is 11.6 Å². The largest absolute Gasteiger partial charge is 0.320 e. The normalized spacial score (nSPS) is 10.4. The first-order valence-electron chi connectivity index (χ1n) is 3.67. The summed E-state index contributed by atoms with van der Waals surface area (Å²) in [6, 6.07) is 1.86. The monoisotopic (exact) mass is 173 g/mol. The Morgan fingerprint density at radius 2 is 2.55 bits per heavy atom. The Bertz CT molecular complexity index is 209. The average Bonchev–Trinajstić information content (AvgIpc) is 2.37. The van der Waals surface area contributed by atoms with E-state index in [1.165, 1.54) is 0 Å². The van der Waals surface area contributed by atoms with E-state index in [4.69, 9.17) is 11.6 Å². The highest BCUT2D eigenvalue weighted by Gasteiger charge is 1.96. The Kier molecular flexibility index (Phi) is 3.39. The second-order valence-electron chi connectivity index (χ2n) is 2.42. The van der Waals surface area contributed by atoms with E-state index in [2.05, 4.69) is 15.5 Å². The van der Waals surface area contributed by atoms with Crippen LogP contribution in [0.1, 0.15) is 12.1 Å². The summed E-state index contributed by atoms with van der Waals surface area (Å²) in [7, 11) is 1.94. The standard InChI is InChI=1S/C7H12ClN3/c1-9-4-2-3-6-5-7(8)11-10-6/h5,9H,2-4H2,1H3,(H,10,11). The predicted molar refractivity (Wildman–Crippen MR) is 45.8 cm³/mol. The molecular formula is C7H12ClN3. The Labute approximate surface area is 71.1 Å². The van der Waals surface area contributed by atoms with Crippen molar-refractivity contribution < 1.29 is 0 Å². The smallest absolute Gasteiger partial charge is 0.151 e. The highest BCUT2D eigenvalue weighted by molar-refractivity contribution is 6.29. The second-order valence-corrected chi connectivity index (χ2v) is 2.81. The van der Waals surface area contributed by atoms with Crippen molar-refractivity contribution in [3.63, 3.8) is 0 Å². The number of H-pyrrole nitrogens is 1. The number of hydrogen-bond donors (Lipinski definition) is 2. The van der Waals surface area contributed by atoms with Crippen LogP contribution in [0.15, 0.2) is 6.07 Å². The van der Waals surface area contributed by atoms with Crippen LogP contribution < -0.4 is 5.32 Å². The van der Waals surface area contributed by atoms with E-state index in [1.807, 2.05) is 13.1 Å². The SMILES string of the molecule is CNCCCc1cc(Cl)n[nH]1. The first kappa shape index (κ1) is 8.56. The van der Waals surface area contributed by atoms with Crippen LogP contribution in [-0.4, -0.2) is 23.8 Å². The van der Waals surface area contributed by atoms with Crippen molar-refractivity contribution in [3.05, 3.63) is 16.9 Å². The van der Waals surface area contributed by atoms with E-state index in [9.17, 15) is 0 Å². The van der Waals surface area contributed by atoms with E-state index < -0.39 is 0 Å². The predicted octanol–water partition coefficient (Wildman–Crippen LogP) is 1.22. The van der Waals surface area contributed by atoms with Gasteiger partial charge in [0, 0.05) is 5.69 Å². The summed E-state index contributed by atoms with van der Waals surface area (Å²) in [6.45, 7) is 1.02. The van der Waals surface area contributed by atoms with Crippen LogP contribution in [0.25, 0.3) is 0 Å². The zero-order chi connectivity index (χ0) is 8.10. The molecule has 0 atom stereocenters. The van der Waals surface area contributed by atoms with E-state index >= 15 is 0 Å². The van der Waals surface area contributed by atoms with Gasteiger partial charge in [-0.25, -0.2) is 0 Å². The van der Waals surface area contributed by atoms with E-state index in [-0.39, 0.29) is 0 Å². The lowest BCUT2D eigenvalue weighted by atomic mass is 10.2. The van der Waals surface area contributed by atoms with Gasteiger partial charge >= 0.3 is 0 Å². The van der Waals surface area contributed by atoms with Crippen molar-refractivity contribution in [2.45, 2.75) is 12.8 Å². The van der Waals surface area contributed by atoms with E-state index in [0.29, 0.717) is 5.15 Å². The Morgan fingerprint density at radius 3 is 3.09 bits per heavy atom. The lowest BCUT2D eigenvalue weighted by Crippen LogP contribution is -2.08. The minimum absolute atomic E-state index is 0.546. The topological polar surface area (TPSA) is 40.7 Å². The number of halogens is 1. The van der Waals surface area contributed by atoms with Gasteiger partial charge in [0.15, 0.2) is 5.15 Å². The molecule has 11 heavy (non-hydrogen) atoms. The second kappa shape index (κ2) is 4.36. The van der Waals surface area contributed by atoms with Crippen molar-refractivity contribution in [2.24, 2.45) is 0 Å². The van der Waals surface area contributed by atoms with Crippen molar-refractivity contribution in [2.75, 3.05) is 13.6 Å². The Balaban J connectivity index is 2.27.